The summed E-state index contributed by atoms with van der Waals surface area (Å²) in [4.78, 5) is 4.24. The largest absolute Gasteiger partial charge is 0.250 e. The van der Waals surface area contributed by atoms with Crippen LogP contribution < -0.4 is 0 Å². The van der Waals surface area contributed by atoms with Gasteiger partial charge in [0.1, 0.15) is 11.3 Å². The molecular formula is C15H20FN. The van der Waals surface area contributed by atoms with Crippen molar-refractivity contribution in [3.63, 3.8) is 0 Å². The van der Waals surface area contributed by atoms with E-state index in [9.17, 15) is 4.39 Å². The predicted molar refractivity (Wildman–Crippen MR) is 71.9 cm³/mol. The fraction of sp³-hybridized carbons (Fsp3) is 0.400. The van der Waals surface area contributed by atoms with Crippen molar-refractivity contribution in [1.29, 1.82) is 0 Å². The molecule has 0 aliphatic heterocycles. The third-order valence-electron chi connectivity index (χ3n) is 2.57. The molecule has 0 radical (unpaired) electrons. The summed E-state index contributed by atoms with van der Waals surface area (Å²) in [6, 6.07) is 7.16. The number of para-hydroxylation sites is 1. The van der Waals surface area contributed by atoms with Gasteiger partial charge in [-0.15, -0.1) is 0 Å². The number of rotatable bonds is 1. The third-order valence-corrected chi connectivity index (χ3v) is 2.57. The van der Waals surface area contributed by atoms with Gasteiger partial charge < -0.3 is 0 Å². The summed E-state index contributed by atoms with van der Waals surface area (Å²) in [6.45, 7) is 10.1. The van der Waals surface area contributed by atoms with Gasteiger partial charge in [0.15, 0.2) is 0 Å². The molecule has 0 saturated heterocycles. The summed E-state index contributed by atoms with van der Waals surface area (Å²) in [7, 11) is 0. The molecule has 0 bridgehead atoms. The molecule has 2 rings (SSSR count). The molecule has 0 spiro atoms. The van der Waals surface area contributed by atoms with Crippen LogP contribution in [0.15, 0.2) is 24.3 Å². The third kappa shape index (κ3) is 2.82. The van der Waals surface area contributed by atoms with Crippen LogP contribution in [-0.4, -0.2) is 4.98 Å². The second kappa shape index (κ2) is 5.76. The number of benzene rings is 1. The molecule has 92 valence electrons. The SMILES string of the molecule is CC.Cc1cc(C(C)C)c2cccc(F)c2n1. The zero-order valence-electron chi connectivity index (χ0n) is 11.2. The minimum absolute atomic E-state index is 0.238. The Labute approximate surface area is 103 Å². The molecule has 0 atom stereocenters. The molecule has 1 aromatic carbocycles. The van der Waals surface area contributed by atoms with Crippen LogP contribution in [0.4, 0.5) is 4.39 Å². The zero-order valence-corrected chi connectivity index (χ0v) is 11.2. The van der Waals surface area contributed by atoms with E-state index in [1.807, 2.05) is 32.9 Å². The van der Waals surface area contributed by atoms with Crippen LogP contribution in [0.3, 0.4) is 0 Å². The molecular weight excluding hydrogens is 213 g/mol. The lowest BCUT2D eigenvalue weighted by atomic mass is 9.98. The standard InChI is InChI=1S/C13H14FN.C2H6/c1-8(2)11-7-9(3)15-13-10(11)5-4-6-12(13)14;1-2/h4-8H,1-3H3;1-2H3. The van der Waals surface area contributed by atoms with Gasteiger partial charge in [0.05, 0.1) is 0 Å². The monoisotopic (exact) mass is 233 g/mol. The summed E-state index contributed by atoms with van der Waals surface area (Å²) in [5.74, 6) is 0.147. The fourth-order valence-corrected chi connectivity index (χ4v) is 1.85. The Hall–Kier alpha value is -1.44. The highest BCUT2D eigenvalue weighted by atomic mass is 19.1. The normalized spacial score (nSPS) is 10.3. The summed E-state index contributed by atoms with van der Waals surface area (Å²) >= 11 is 0. The van der Waals surface area contributed by atoms with Crippen molar-refractivity contribution in [3.05, 3.63) is 41.3 Å². The van der Waals surface area contributed by atoms with Crippen LogP contribution in [0.25, 0.3) is 10.9 Å². The molecule has 0 saturated carbocycles. The van der Waals surface area contributed by atoms with E-state index in [4.69, 9.17) is 0 Å². The molecule has 1 aromatic heterocycles. The zero-order chi connectivity index (χ0) is 13.0. The van der Waals surface area contributed by atoms with Crippen molar-refractivity contribution in [2.45, 2.75) is 40.5 Å². The highest BCUT2D eigenvalue weighted by Gasteiger charge is 2.09. The van der Waals surface area contributed by atoms with Gasteiger partial charge in [-0.1, -0.05) is 39.8 Å². The van der Waals surface area contributed by atoms with Crippen LogP contribution >= 0.6 is 0 Å². The number of hydrogen-bond acceptors (Lipinski definition) is 1. The molecule has 0 N–H and O–H groups in total. The first-order valence-corrected chi connectivity index (χ1v) is 6.15. The molecule has 0 aliphatic carbocycles. The van der Waals surface area contributed by atoms with Gasteiger partial charge in [0, 0.05) is 11.1 Å². The Morgan fingerprint density at radius 3 is 2.41 bits per heavy atom. The lowest BCUT2D eigenvalue weighted by Crippen LogP contribution is -1.95. The van der Waals surface area contributed by atoms with Gasteiger partial charge in [-0.2, -0.15) is 0 Å². The second-order valence-electron chi connectivity index (χ2n) is 4.14. The minimum Gasteiger partial charge on any atom is -0.250 e. The van der Waals surface area contributed by atoms with Gasteiger partial charge in [-0.3, -0.25) is 4.98 Å². The van der Waals surface area contributed by atoms with E-state index in [1.165, 1.54) is 6.07 Å². The topological polar surface area (TPSA) is 12.9 Å². The van der Waals surface area contributed by atoms with Gasteiger partial charge >= 0.3 is 0 Å². The van der Waals surface area contributed by atoms with E-state index in [0.717, 1.165) is 16.6 Å². The number of pyridine rings is 1. The van der Waals surface area contributed by atoms with Crippen LogP contribution in [-0.2, 0) is 0 Å². The van der Waals surface area contributed by atoms with Crippen molar-refractivity contribution in [3.8, 4) is 0 Å². The van der Waals surface area contributed by atoms with Gasteiger partial charge in [-0.25, -0.2) is 4.39 Å². The average Bonchev–Trinajstić information content (AvgIpc) is 2.32. The van der Waals surface area contributed by atoms with E-state index in [1.54, 1.807) is 6.07 Å². The number of fused-ring (bicyclic) bond motifs is 1. The Balaban J connectivity index is 0.000000686. The molecule has 0 unspecified atom stereocenters. The molecule has 17 heavy (non-hydrogen) atoms. The number of aryl methyl sites for hydroxylation is 1. The highest BCUT2D eigenvalue weighted by molar-refractivity contribution is 5.83. The molecule has 1 nitrogen and oxygen atoms in total. The summed E-state index contributed by atoms with van der Waals surface area (Å²) in [6.07, 6.45) is 0. The van der Waals surface area contributed by atoms with Gasteiger partial charge in [0.25, 0.3) is 0 Å². The quantitative estimate of drug-likeness (QED) is 0.687. The number of halogens is 1. The maximum atomic E-state index is 13.5. The Kier molecular flexibility index (Phi) is 4.62. The Bertz CT molecular complexity index is 503. The fourth-order valence-electron chi connectivity index (χ4n) is 1.85. The van der Waals surface area contributed by atoms with E-state index < -0.39 is 0 Å². The van der Waals surface area contributed by atoms with Crippen LogP contribution in [0.1, 0.15) is 44.9 Å². The van der Waals surface area contributed by atoms with Crippen molar-refractivity contribution in [2.75, 3.05) is 0 Å². The molecule has 0 fully saturated rings. The van der Waals surface area contributed by atoms with E-state index >= 15 is 0 Å². The Morgan fingerprint density at radius 1 is 1.18 bits per heavy atom. The summed E-state index contributed by atoms with van der Waals surface area (Å²) < 4.78 is 13.5. The van der Waals surface area contributed by atoms with Gasteiger partial charge in [-0.05, 0) is 30.5 Å². The maximum Gasteiger partial charge on any atom is 0.149 e. The second-order valence-corrected chi connectivity index (χ2v) is 4.14. The lowest BCUT2D eigenvalue weighted by molar-refractivity contribution is 0.636. The Morgan fingerprint density at radius 2 is 1.82 bits per heavy atom. The number of aromatic nitrogens is 1. The molecule has 1 heterocycles. The first kappa shape index (κ1) is 13.6. The van der Waals surface area contributed by atoms with E-state index in [-0.39, 0.29) is 5.82 Å². The molecule has 2 heteroatoms. The van der Waals surface area contributed by atoms with Crippen molar-refractivity contribution < 1.29 is 4.39 Å². The summed E-state index contributed by atoms with van der Waals surface area (Å²) in [5.41, 5.74) is 2.52. The maximum absolute atomic E-state index is 13.5. The average molecular weight is 233 g/mol. The van der Waals surface area contributed by atoms with E-state index in [0.29, 0.717) is 11.4 Å². The predicted octanol–water partition coefficient (Wildman–Crippen LogP) is 4.83. The van der Waals surface area contributed by atoms with Crippen molar-refractivity contribution in [2.24, 2.45) is 0 Å². The lowest BCUT2D eigenvalue weighted by Gasteiger charge is -2.11. The van der Waals surface area contributed by atoms with Crippen molar-refractivity contribution >= 4 is 10.9 Å². The highest BCUT2D eigenvalue weighted by Crippen LogP contribution is 2.26. The molecule has 0 aliphatic rings. The minimum atomic E-state index is -0.238. The summed E-state index contributed by atoms with van der Waals surface area (Å²) in [5, 5.41) is 0.926. The van der Waals surface area contributed by atoms with Gasteiger partial charge in [0.2, 0.25) is 0 Å². The number of hydrogen-bond donors (Lipinski definition) is 0. The number of nitrogens with zero attached hydrogens (tertiary/aromatic N) is 1. The smallest absolute Gasteiger partial charge is 0.149 e. The first-order chi connectivity index (χ1) is 8.09. The van der Waals surface area contributed by atoms with Crippen LogP contribution in [0.2, 0.25) is 0 Å². The van der Waals surface area contributed by atoms with Crippen LogP contribution in [0.5, 0.6) is 0 Å². The molecule has 0 amide bonds. The first-order valence-electron chi connectivity index (χ1n) is 6.15. The van der Waals surface area contributed by atoms with Crippen molar-refractivity contribution in [1.82, 2.24) is 4.98 Å². The van der Waals surface area contributed by atoms with Crippen LogP contribution in [0, 0.1) is 12.7 Å². The van der Waals surface area contributed by atoms with E-state index in [2.05, 4.69) is 18.8 Å². The molecule has 2 aromatic rings.